The Kier molecular flexibility index (Phi) is 7.15. The molecule has 3 aromatic rings. The first kappa shape index (κ1) is 22.2. The number of nitrogens with one attached hydrogen (secondary N) is 2. The normalized spacial score (nSPS) is 10.9. The van der Waals surface area contributed by atoms with E-state index in [1.165, 1.54) is 23.5 Å². The average molecular weight is 440 g/mol. The maximum atomic E-state index is 13.0. The Labute approximate surface area is 182 Å². The van der Waals surface area contributed by atoms with Crippen LogP contribution in [0, 0.1) is 0 Å². The van der Waals surface area contributed by atoms with Crippen LogP contribution in [0.4, 0.5) is 17.1 Å². The molecule has 0 atom stereocenters. The number of hydrogen-bond donors (Lipinski definition) is 2. The van der Waals surface area contributed by atoms with Crippen molar-refractivity contribution in [3.05, 3.63) is 78.9 Å². The van der Waals surface area contributed by atoms with Crippen LogP contribution in [0.3, 0.4) is 0 Å². The number of sulfonamides is 1. The summed E-state index contributed by atoms with van der Waals surface area (Å²) >= 11 is 0. The van der Waals surface area contributed by atoms with Gasteiger partial charge in [0.2, 0.25) is 5.91 Å². The summed E-state index contributed by atoms with van der Waals surface area (Å²) in [6.07, 6.45) is 0. The summed E-state index contributed by atoms with van der Waals surface area (Å²) in [6.45, 7) is 2.33. The number of hydrogen-bond acceptors (Lipinski definition) is 5. The van der Waals surface area contributed by atoms with Gasteiger partial charge in [0.15, 0.2) is 0 Å². The van der Waals surface area contributed by atoms with E-state index in [1.54, 1.807) is 48.5 Å². The second-order valence-corrected chi connectivity index (χ2v) is 8.64. The van der Waals surface area contributed by atoms with Gasteiger partial charge in [0.1, 0.15) is 5.75 Å². The van der Waals surface area contributed by atoms with Crippen LogP contribution in [0.5, 0.6) is 5.75 Å². The van der Waals surface area contributed by atoms with E-state index in [2.05, 4.69) is 10.6 Å². The zero-order chi connectivity index (χ0) is 22.3. The first-order chi connectivity index (χ1) is 14.9. The molecular formula is C23H25N3O4S. The van der Waals surface area contributed by atoms with Crippen LogP contribution >= 0.6 is 0 Å². The number of amides is 1. The molecule has 1 amide bonds. The largest absolute Gasteiger partial charge is 0.492 e. The summed E-state index contributed by atoms with van der Waals surface area (Å²) < 4.78 is 32.7. The van der Waals surface area contributed by atoms with E-state index in [-0.39, 0.29) is 17.3 Å². The molecule has 0 fully saturated rings. The van der Waals surface area contributed by atoms with E-state index in [4.69, 9.17) is 4.74 Å². The zero-order valence-corrected chi connectivity index (χ0v) is 18.2. The number of benzene rings is 3. The lowest BCUT2D eigenvalue weighted by Gasteiger charge is -2.20. The molecule has 31 heavy (non-hydrogen) atoms. The molecule has 0 radical (unpaired) electrons. The van der Waals surface area contributed by atoms with Gasteiger partial charge in [-0.1, -0.05) is 36.4 Å². The number of nitrogens with zero attached hydrogens (tertiary/aromatic N) is 1. The monoisotopic (exact) mass is 439 g/mol. The molecule has 0 saturated heterocycles. The van der Waals surface area contributed by atoms with Gasteiger partial charge in [-0.3, -0.25) is 9.10 Å². The van der Waals surface area contributed by atoms with Gasteiger partial charge < -0.3 is 15.4 Å². The molecule has 0 unspecified atom stereocenters. The SMILES string of the molecule is CCOc1ccccc1NC(=O)CNc1cccc(S(=O)(=O)N(C)c2ccccc2)c1. The molecule has 7 nitrogen and oxygen atoms in total. The third-order valence-electron chi connectivity index (χ3n) is 4.53. The van der Waals surface area contributed by atoms with Gasteiger partial charge in [-0.05, 0) is 49.4 Å². The molecule has 0 aliphatic heterocycles. The molecule has 0 aliphatic rings. The van der Waals surface area contributed by atoms with E-state index < -0.39 is 10.0 Å². The smallest absolute Gasteiger partial charge is 0.264 e. The van der Waals surface area contributed by atoms with Crippen LogP contribution in [0.15, 0.2) is 83.8 Å². The van der Waals surface area contributed by atoms with Crippen molar-refractivity contribution in [3.8, 4) is 5.75 Å². The molecule has 0 aliphatic carbocycles. The summed E-state index contributed by atoms with van der Waals surface area (Å²) in [4.78, 5) is 12.5. The van der Waals surface area contributed by atoms with E-state index in [9.17, 15) is 13.2 Å². The quantitative estimate of drug-likeness (QED) is 0.527. The van der Waals surface area contributed by atoms with Crippen molar-refractivity contribution in [3.63, 3.8) is 0 Å². The van der Waals surface area contributed by atoms with Crippen molar-refractivity contribution in [2.45, 2.75) is 11.8 Å². The molecule has 3 rings (SSSR count). The van der Waals surface area contributed by atoms with Crippen LogP contribution in [0.25, 0.3) is 0 Å². The lowest BCUT2D eigenvalue weighted by molar-refractivity contribution is -0.114. The molecule has 2 N–H and O–H groups in total. The number of carbonyl (C=O) groups is 1. The van der Waals surface area contributed by atoms with Crippen LogP contribution in [-0.2, 0) is 14.8 Å². The minimum absolute atomic E-state index is 0.0293. The van der Waals surface area contributed by atoms with Gasteiger partial charge in [0, 0.05) is 12.7 Å². The highest BCUT2D eigenvalue weighted by molar-refractivity contribution is 7.92. The highest BCUT2D eigenvalue weighted by Gasteiger charge is 2.21. The van der Waals surface area contributed by atoms with E-state index in [1.807, 2.05) is 25.1 Å². The Morgan fingerprint density at radius 3 is 2.42 bits per heavy atom. The molecular weight excluding hydrogens is 414 g/mol. The molecule has 3 aromatic carbocycles. The van der Waals surface area contributed by atoms with Crippen molar-refractivity contribution in [2.75, 3.05) is 35.1 Å². The molecule has 0 spiro atoms. The Morgan fingerprint density at radius 1 is 0.968 bits per heavy atom. The van der Waals surface area contributed by atoms with Gasteiger partial charge in [-0.2, -0.15) is 0 Å². The number of para-hydroxylation sites is 3. The molecule has 0 heterocycles. The van der Waals surface area contributed by atoms with E-state index >= 15 is 0 Å². The number of anilines is 3. The van der Waals surface area contributed by atoms with Crippen molar-refractivity contribution in [1.29, 1.82) is 0 Å². The highest BCUT2D eigenvalue weighted by Crippen LogP contribution is 2.25. The summed E-state index contributed by atoms with van der Waals surface area (Å²) in [5.41, 5.74) is 1.67. The Hall–Kier alpha value is -3.52. The fourth-order valence-corrected chi connectivity index (χ4v) is 4.17. The zero-order valence-electron chi connectivity index (χ0n) is 17.4. The second-order valence-electron chi connectivity index (χ2n) is 6.67. The number of carbonyl (C=O) groups excluding carboxylic acids is 1. The third-order valence-corrected chi connectivity index (χ3v) is 6.31. The molecule has 162 valence electrons. The first-order valence-electron chi connectivity index (χ1n) is 9.81. The molecule has 0 aromatic heterocycles. The standard InChI is InChI=1S/C23H25N3O4S/c1-3-30-22-15-8-7-14-21(22)25-23(27)17-24-18-10-9-13-20(16-18)31(28,29)26(2)19-11-5-4-6-12-19/h4-16,24H,3,17H2,1-2H3,(H,25,27). The first-order valence-corrected chi connectivity index (χ1v) is 11.3. The van der Waals surface area contributed by atoms with Crippen LogP contribution in [-0.4, -0.2) is 34.5 Å². The topological polar surface area (TPSA) is 87.7 Å². The van der Waals surface area contributed by atoms with Crippen molar-refractivity contribution >= 4 is 33.0 Å². The average Bonchev–Trinajstić information content (AvgIpc) is 2.79. The number of ether oxygens (including phenoxy) is 1. The summed E-state index contributed by atoms with van der Waals surface area (Å²) in [6, 6.07) is 22.4. The number of rotatable bonds is 9. The minimum Gasteiger partial charge on any atom is -0.492 e. The molecule has 0 saturated carbocycles. The van der Waals surface area contributed by atoms with Gasteiger partial charge in [-0.25, -0.2) is 8.42 Å². The van der Waals surface area contributed by atoms with Crippen LogP contribution in [0.1, 0.15) is 6.92 Å². The fraction of sp³-hybridized carbons (Fsp3) is 0.174. The molecule has 8 heteroatoms. The maximum absolute atomic E-state index is 13.0. The van der Waals surface area contributed by atoms with Gasteiger partial charge in [0.25, 0.3) is 10.0 Å². The minimum atomic E-state index is -3.74. The van der Waals surface area contributed by atoms with Gasteiger partial charge >= 0.3 is 0 Å². The fourth-order valence-electron chi connectivity index (χ4n) is 2.93. The van der Waals surface area contributed by atoms with Crippen molar-refractivity contribution in [2.24, 2.45) is 0 Å². The van der Waals surface area contributed by atoms with Crippen LogP contribution < -0.4 is 19.7 Å². The Morgan fingerprint density at radius 2 is 1.68 bits per heavy atom. The molecule has 0 bridgehead atoms. The predicted molar refractivity (Wildman–Crippen MR) is 123 cm³/mol. The van der Waals surface area contributed by atoms with Gasteiger partial charge in [-0.15, -0.1) is 0 Å². The van der Waals surface area contributed by atoms with Crippen molar-refractivity contribution < 1.29 is 17.9 Å². The van der Waals surface area contributed by atoms with E-state index in [0.29, 0.717) is 29.4 Å². The predicted octanol–water partition coefficient (Wildman–Crippen LogP) is 3.96. The maximum Gasteiger partial charge on any atom is 0.264 e. The lowest BCUT2D eigenvalue weighted by Crippen LogP contribution is -2.26. The Bertz CT molecular complexity index is 1130. The Balaban J connectivity index is 1.68. The second kappa shape index (κ2) is 9.99. The lowest BCUT2D eigenvalue weighted by atomic mass is 10.3. The van der Waals surface area contributed by atoms with E-state index in [0.717, 1.165) is 0 Å². The summed E-state index contributed by atoms with van der Waals surface area (Å²) in [7, 11) is -2.23. The third kappa shape index (κ3) is 5.55. The summed E-state index contributed by atoms with van der Waals surface area (Å²) in [5.74, 6) is 0.317. The van der Waals surface area contributed by atoms with Crippen molar-refractivity contribution in [1.82, 2.24) is 0 Å². The van der Waals surface area contributed by atoms with Gasteiger partial charge in [0.05, 0.1) is 29.4 Å². The highest BCUT2D eigenvalue weighted by atomic mass is 32.2. The van der Waals surface area contributed by atoms with Crippen LogP contribution in [0.2, 0.25) is 0 Å². The summed E-state index contributed by atoms with van der Waals surface area (Å²) in [5, 5.41) is 5.77.